The van der Waals surface area contributed by atoms with E-state index in [1.54, 1.807) is 19.1 Å². The maximum absolute atomic E-state index is 11.6. The van der Waals surface area contributed by atoms with Gasteiger partial charge in [-0.15, -0.1) is 0 Å². The number of hydrogen-bond donors (Lipinski definition) is 0. The quantitative estimate of drug-likeness (QED) is 0.519. The van der Waals surface area contributed by atoms with Crippen LogP contribution in [0.4, 0.5) is 0 Å². The fourth-order valence-electron chi connectivity index (χ4n) is 1.26. The lowest BCUT2D eigenvalue weighted by atomic mass is 10.3. The normalized spacial score (nSPS) is 17.6. The predicted octanol–water partition coefficient (Wildman–Crippen LogP) is 1.95. The van der Waals surface area contributed by atoms with E-state index in [9.17, 15) is 9.59 Å². The molecule has 15 heavy (non-hydrogen) atoms. The van der Waals surface area contributed by atoms with Gasteiger partial charge in [-0.25, -0.2) is 4.90 Å². The Hall–Kier alpha value is -1.90. The van der Waals surface area contributed by atoms with Crippen LogP contribution in [-0.2, 0) is 9.59 Å². The molecule has 0 bridgehead atoms. The van der Waals surface area contributed by atoms with Crippen molar-refractivity contribution in [3.05, 3.63) is 48.2 Å². The molecule has 0 aromatic heterocycles. The third-order valence-corrected chi connectivity index (χ3v) is 2.03. The molecule has 78 valence electrons. The summed E-state index contributed by atoms with van der Waals surface area (Å²) in [4.78, 5) is 24.2. The zero-order chi connectivity index (χ0) is 11.4. The minimum Gasteiger partial charge on any atom is -0.269 e. The third kappa shape index (κ3) is 2.13. The number of carbonyl (C=O) groups is 2. The molecule has 1 rings (SSSR count). The van der Waals surface area contributed by atoms with Gasteiger partial charge in [0.15, 0.2) is 0 Å². The summed E-state index contributed by atoms with van der Waals surface area (Å²) in [6, 6.07) is 0. The van der Waals surface area contributed by atoms with E-state index in [4.69, 9.17) is 0 Å². The summed E-state index contributed by atoms with van der Waals surface area (Å²) in [5.41, 5.74) is 0.949. The van der Waals surface area contributed by atoms with E-state index in [0.717, 1.165) is 4.90 Å². The highest BCUT2D eigenvalue weighted by atomic mass is 16.2. The maximum Gasteiger partial charge on any atom is 0.261 e. The third-order valence-electron chi connectivity index (χ3n) is 2.03. The van der Waals surface area contributed by atoms with Crippen molar-refractivity contribution in [1.82, 2.24) is 4.90 Å². The van der Waals surface area contributed by atoms with Crippen LogP contribution in [-0.4, -0.2) is 16.7 Å². The van der Waals surface area contributed by atoms with Crippen molar-refractivity contribution in [2.24, 2.45) is 0 Å². The molecule has 0 N–H and O–H groups in total. The summed E-state index contributed by atoms with van der Waals surface area (Å²) in [7, 11) is 0. The second-order valence-electron chi connectivity index (χ2n) is 3.13. The van der Waals surface area contributed by atoms with E-state index in [1.807, 2.05) is 13.0 Å². The van der Waals surface area contributed by atoms with Crippen molar-refractivity contribution in [2.45, 2.75) is 13.8 Å². The van der Waals surface area contributed by atoms with Gasteiger partial charge in [0.1, 0.15) is 0 Å². The molecule has 0 radical (unpaired) electrons. The van der Waals surface area contributed by atoms with Crippen LogP contribution >= 0.6 is 0 Å². The van der Waals surface area contributed by atoms with E-state index in [0.29, 0.717) is 11.3 Å². The van der Waals surface area contributed by atoms with Gasteiger partial charge in [0.25, 0.3) is 11.8 Å². The number of nitrogens with zero attached hydrogens (tertiary/aromatic N) is 1. The van der Waals surface area contributed by atoms with Crippen LogP contribution in [0.1, 0.15) is 13.8 Å². The minimum absolute atomic E-state index is 0.282. The molecule has 1 aliphatic rings. The number of imide groups is 1. The second kappa shape index (κ2) is 4.55. The Balaban J connectivity index is 3.03. The topological polar surface area (TPSA) is 37.4 Å². The van der Waals surface area contributed by atoms with E-state index < -0.39 is 0 Å². The first-order chi connectivity index (χ1) is 7.11. The molecule has 0 spiro atoms. The van der Waals surface area contributed by atoms with Gasteiger partial charge < -0.3 is 0 Å². The zero-order valence-electron chi connectivity index (χ0n) is 8.86. The molecule has 0 saturated carbocycles. The summed E-state index contributed by atoms with van der Waals surface area (Å²) in [5.74, 6) is -0.594. The fourth-order valence-corrected chi connectivity index (χ4v) is 1.26. The number of hydrogen-bond acceptors (Lipinski definition) is 2. The Labute approximate surface area is 89.1 Å². The Morgan fingerprint density at radius 3 is 2.53 bits per heavy atom. The predicted molar refractivity (Wildman–Crippen MR) is 58.7 cm³/mol. The monoisotopic (exact) mass is 203 g/mol. The molecule has 0 aromatic carbocycles. The number of carbonyl (C=O) groups excluding carboxylic acids is 2. The molecule has 0 aliphatic carbocycles. The SMILES string of the molecule is C=C/C(=C\C=C/C)N1C(=O)C=C(C)C1=O. The molecule has 0 saturated heterocycles. The van der Waals surface area contributed by atoms with Crippen LogP contribution < -0.4 is 0 Å². The molecule has 2 amide bonds. The van der Waals surface area contributed by atoms with Gasteiger partial charge in [0.05, 0.1) is 5.70 Å². The van der Waals surface area contributed by atoms with E-state index in [1.165, 1.54) is 12.2 Å². The van der Waals surface area contributed by atoms with Gasteiger partial charge >= 0.3 is 0 Å². The summed E-state index contributed by atoms with van der Waals surface area (Å²) < 4.78 is 0. The van der Waals surface area contributed by atoms with Gasteiger partial charge in [-0.1, -0.05) is 18.7 Å². The van der Waals surface area contributed by atoms with Crippen LogP contribution in [0.25, 0.3) is 0 Å². The molecule has 1 aliphatic heterocycles. The Morgan fingerprint density at radius 1 is 1.47 bits per heavy atom. The van der Waals surface area contributed by atoms with Crippen LogP contribution in [0.15, 0.2) is 48.2 Å². The average Bonchev–Trinajstić information content (AvgIpc) is 2.45. The van der Waals surface area contributed by atoms with Gasteiger partial charge in [-0.2, -0.15) is 0 Å². The molecule has 3 heteroatoms. The summed E-state index contributed by atoms with van der Waals surface area (Å²) in [6.45, 7) is 7.06. The minimum atomic E-state index is -0.312. The van der Waals surface area contributed by atoms with Crippen LogP contribution in [0.3, 0.4) is 0 Å². The summed E-state index contributed by atoms with van der Waals surface area (Å²) in [5, 5.41) is 0. The molecule has 1 heterocycles. The van der Waals surface area contributed by atoms with Crippen molar-refractivity contribution in [1.29, 1.82) is 0 Å². The van der Waals surface area contributed by atoms with Gasteiger partial charge in [0, 0.05) is 11.6 Å². The molecule has 0 unspecified atom stereocenters. The molecule has 0 aromatic rings. The smallest absolute Gasteiger partial charge is 0.261 e. The maximum atomic E-state index is 11.6. The largest absolute Gasteiger partial charge is 0.269 e. The van der Waals surface area contributed by atoms with Crippen LogP contribution in [0.2, 0.25) is 0 Å². The highest BCUT2D eigenvalue weighted by molar-refractivity contribution is 6.17. The molecular weight excluding hydrogens is 190 g/mol. The van der Waals surface area contributed by atoms with Gasteiger partial charge in [-0.05, 0) is 26.0 Å². The lowest BCUT2D eigenvalue weighted by Gasteiger charge is -2.14. The van der Waals surface area contributed by atoms with E-state index >= 15 is 0 Å². The number of allylic oxidation sites excluding steroid dienone is 4. The van der Waals surface area contributed by atoms with Gasteiger partial charge in [0.2, 0.25) is 0 Å². The van der Waals surface area contributed by atoms with Crippen molar-refractivity contribution >= 4 is 11.8 Å². The van der Waals surface area contributed by atoms with Crippen LogP contribution in [0, 0.1) is 0 Å². The first-order valence-corrected chi connectivity index (χ1v) is 4.64. The Bertz CT molecular complexity index is 400. The highest BCUT2D eigenvalue weighted by Crippen LogP contribution is 2.18. The standard InChI is InChI=1S/C12H13NO2/c1-4-6-7-10(5-2)13-11(14)8-9(3)12(13)15/h4-8H,2H2,1,3H3/b6-4-,10-7+. The van der Waals surface area contributed by atoms with E-state index in [-0.39, 0.29) is 11.8 Å². The Morgan fingerprint density at radius 2 is 2.13 bits per heavy atom. The average molecular weight is 203 g/mol. The first-order valence-electron chi connectivity index (χ1n) is 4.64. The van der Waals surface area contributed by atoms with Crippen molar-refractivity contribution < 1.29 is 9.59 Å². The summed E-state index contributed by atoms with van der Waals surface area (Å²) in [6.07, 6.45) is 8.06. The highest BCUT2D eigenvalue weighted by Gasteiger charge is 2.29. The molecular formula is C12H13NO2. The molecule has 3 nitrogen and oxygen atoms in total. The molecule has 0 atom stereocenters. The van der Waals surface area contributed by atoms with Crippen molar-refractivity contribution in [3.63, 3.8) is 0 Å². The molecule has 0 fully saturated rings. The zero-order valence-corrected chi connectivity index (χ0v) is 8.86. The Kier molecular flexibility index (Phi) is 3.39. The first kappa shape index (κ1) is 11.2. The number of amides is 2. The van der Waals surface area contributed by atoms with Crippen molar-refractivity contribution in [2.75, 3.05) is 0 Å². The lowest BCUT2D eigenvalue weighted by Crippen LogP contribution is -2.29. The fraction of sp³-hybridized carbons (Fsp3) is 0.167. The lowest BCUT2D eigenvalue weighted by molar-refractivity contribution is -0.134. The van der Waals surface area contributed by atoms with E-state index in [2.05, 4.69) is 6.58 Å². The number of rotatable bonds is 3. The second-order valence-corrected chi connectivity index (χ2v) is 3.13. The van der Waals surface area contributed by atoms with Gasteiger partial charge in [-0.3, -0.25) is 9.59 Å². The summed E-state index contributed by atoms with van der Waals surface area (Å²) >= 11 is 0. The van der Waals surface area contributed by atoms with Crippen molar-refractivity contribution in [3.8, 4) is 0 Å². The van der Waals surface area contributed by atoms with Crippen LogP contribution in [0.5, 0.6) is 0 Å².